The highest BCUT2D eigenvalue weighted by Gasteiger charge is 2.24. The molecule has 0 aliphatic heterocycles. The first kappa shape index (κ1) is 62.1. The number of allylic oxidation sites excluding steroid dienone is 6. The molecule has 0 spiro atoms. The van der Waals surface area contributed by atoms with Crippen LogP contribution in [0.3, 0.4) is 0 Å². The zero-order valence-corrected chi connectivity index (χ0v) is 42.9. The van der Waals surface area contributed by atoms with E-state index in [1.807, 2.05) is 0 Å². The Balaban J connectivity index is 4.54. The van der Waals surface area contributed by atoms with Gasteiger partial charge in [0.25, 0.3) is 0 Å². The average molecular weight is 901 g/mol. The van der Waals surface area contributed by atoms with Gasteiger partial charge in [0.15, 0.2) is 0 Å². The third kappa shape index (κ3) is 46.6. The third-order valence-electron chi connectivity index (χ3n) is 13.0. The summed E-state index contributed by atoms with van der Waals surface area (Å²) >= 11 is 0. The molecule has 0 aromatic rings. The van der Waals surface area contributed by atoms with Gasteiger partial charge < -0.3 is 20.3 Å². The van der Waals surface area contributed by atoms with Crippen LogP contribution in [0, 0.1) is 0 Å². The van der Waals surface area contributed by atoms with Gasteiger partial charge in [-0.05, 0) is 57.8 Å². The number of unbranched alkanes of at least 4 members (excludes halogenated alkanes) is 33. The van der Waals surface area contributed by atoms with Gasteiger partial charge in [0, 0.05) is 6.42 Å². The van der Waals surface area contributed by atoms with Crippen molar-refractivity contribution in [2.75, 3.05) is 6.61 Å². The molecule has 3 N–H and O–H groups in total. The van der Waals surface area contributed by atoms with E-state index >= 15 is 0 Å². The molecule has 0 heterocycles. The van der Waals surface area contributed by atoms with Crippen molar-refractivity contribution < 1.29 is 24.5 Å². The number of carbonyl (C=O) groups is 2. The van der Waals surface area contributed by atoms with Gasteiger partial charge >= 0.3 is 5.97 Å². The number of carbonyl (C=O) groups excluding carboxylic acids is 2. The third-order valence-corrected chi connectivity index (χ3v) is 13.0. The Morgan fingerprint density at radius 3 is 1.28 bits per heavy atom. The average Bonchev–Trinajstić information content (AvgIpc) is 3.29. The maximum Gasteiger partial charge on any atom is 0.306 e. The monoisotopic (exact) mass is 900 g/mol. The van der Waals surface area contributed by atoms with Crippen LogP contribution in [0.4, 0.5) is 0 Å². The van der Waals surface area contributed by atoms with Gasteiger partial charge in [-0.1, -0.05) is 263 Å². The van der Waals surface area contributed by atoms with Crippen LogP contribution >= 0.6 is 0 Å². The molecule has 0 bridgehead atoms. The lowest BCUT2D eigenvalue weighted by molar-refractivity contribution is -0.151. The molecular formula is C58H109NO5. The Labute approximate surface area is 398 Å². The Kier molecular flexibility index (Phi) is 50.5. The molecule has 0 fully saturated rings. The van der Waals surface area contributed by atoms with Crippen molar-refractivity contribution in [1.29, 1.82) is 0 Å². The lowest BCUT2D eigenvalue weighted by atomic mass is 10.0. The highest BCUT2D eigenvalue weighted by molar-refractivity contribution is 5.77. The maximum atomic E-state index is 13.3. The number of aliphatic hydroxyl groups excluding tert-OH is 2. The molecule has 0 radical (unpaired) electrons. The van der Waals surface area contributed by atoms with Gasteiger partial charge in [-0.15, -0.1) is 0 Å². The summed E-state index contributed by atoms with van der Waals surface area (Å²) in [5.41, 5.74) is 0. The van der Waals surface area contributed by atoms with Crippen LogP contribution in [-0.2, 0) is 14.3 Å². The van der Waals surface area contributed by atoms with E-state index in [4.69, 9.17) is 4.74 Å². The zero-order chi connectivity index (χ0) is 46.7. The van der Waals surface area contributed by atoms with E-state index in [9.17, 15) is 19.8 Å². The normalized spacial score (nSPS) is 13.4. The molecule has 6 heteroatoms. The summed E-state index contributed by atoms with van der Waals surface area (Å²) in [6, 6.07) is -0.701. The van der Waals surface area contributed by atoms with Crippen molar-refractivity contribution in [3.63, 3.8) is 0 Å². The summed E-state index contributed by atoms with van der Waals surface area (Å²) in [5, 5.41) is 23.9. The van der Waals surface area contributed by atoms with Gasteiger partial charge in [0.1, 0.15) is 6.10 Å². The number of amides is 1. The number of ether oxygens (including phenoxy) is 1. The molecule has 0 aliphatic carbocycles. The van der Waals surface area contributed by atoms with E-state index in [0.29, 0.717) is 19.3 Å². The van der Waals surface area contributed by atoms with Crippen LogP contribution in [0.5, 0.6) is 0 Å². The number of hydrogen-bond donors (Lipinski definition) is 3. The van der Waals surface area contributed by atoms with Gasteiger partial charge in [-0.2, -0.15) is 0 Å². The topological polar surface area (TPSA) is 95.9 Å². The lowest BCUT2D eigenvalue weighted by Crippen LogP contribution is -2.46. The highest BCUT2D eigenvalue weighted by atomic mass is 16.5. The first-order valence-corrected chi connectivity index (χ1v) is 28.2. The van der Waals surface area contributed by atoms with Gasteiger partial charge in [-0.3, -0.25) is 9.59 Å². The van der Waals surface area contributed by atoms with Crippen molar-refractivity contribution in [2.24, 2.45) is 0 Å². The fraction of sp³-hybridized carbons (Fsp3) is 0.862. The van der Waals surface area contributed by atoms with Crippen molar-refractivity contribution >= 4 is 11.9 Å². The molecule has 64 heavy (non-hydrogen) atoms. The van der Waals surface area contributed by atoms with Crippen LogP contribution < -0.4 is 5.32 Å². The Morgan fingerprint density at radius 1 is 0.469 bits per heavy atom. The molecular weight excluding hydrogens is 791 g/mol. The number of nitrogens with one attached hydrogen (secondary N) is 1. The van der Waals surface area contributed by atoms with Crippen LogP contribution in [0.1, 0.15) is 297 Å². The second-order valence-corrected chi connectivity index (χ2v) is 19.3. The summed E-state index contributed by atoms with van der Waals surface area (Å²) in [6.45, 7) is 6.40. The fourth-order valence-electron chi connectivity index (χ4n) is 8.74. The largest absolute Gasteiger partial charge is 0.462 e. The summed E-state index contributed by atoms with van der Waals surface area (Å²) in [6.07, 6.45) is 62.0. The van der Waals surface area contributed by atoms with Gasteiger partial charge in [0.05, 0.1) is 25.2 Å². The van der Waals surface area contributed by atoms with Gasteiger partial charge in [0.2, 0.25) is 5.91 Å². The molecule has 0 rings (SSSR count). The second-order valence-electron chi connectivity index (χ2n) is 19.3. The maximum absolute atomic E-state index is 13.3. The summed E-state index contributed by atoms with van der Waals surface area (Å²) in [5.74, 6) is -0.473. The molecule has 6 nitrogen and oxygen atoms in total. The summed E-state index contributed by atoms with van der Waals surface area (Å²) in [7, 11) is 0. The number of aliphatic hydroxyl groups is 2. The van der Waals surface area contributed by atoms with E-state index in [0.717, 1.165) is 70.6 Å². The van der Waals surface area contributed by atoms with Crippen molar-refractivity contribution in [2.45, 2.75) is 315 Å². The smallest absolute Gasteiger partial charge is 0.306 e. The van der Waals surface area contributed by atoms with Crippen LogP contribution in [0.2, 0.25) is 0 Å². The van der Waals surface area contributed by atoms with Gasteiger partial charge in [-0.25, -0.2) is 0 Å². The summed E-state index contributed by atoms with van der Waals surface area (Å²) < 4.78 is 5.95. The first-order valence-electron chi connectivity index (χ1n) is 28.2. The Morgan fingerprint density at radius 2 is 0.844 bits per heavy atom. The van der Waals surface area contributed by atoms with E-state index in [-0.39, 0.29) is 24.9 Å². The molecule has 0 saturated carbocycles. The standard InChI is InChI=1S/C58H109NO5/c1-4-7-10-13-16-19-22-25-28-30-33-36-39-42-45-48-51-58(63)64-54(49-46-43-40-37-34-31-27-24-21-18-15-12-9-6-3)52-57(62)59-55(53-60)56(61)50-47-44-41-38-35-32-29-26-23-20-17-14-11-8-5-2/h7,10,16,19,25,28,54-56,60-61H,4-6,8-9,11-15,17-18,20-24,26-27,29-53H2,1-3H3,(H,59,62)/b10-7+,19-16+,28-25+. The van der Waals surface area contributed by atoms with E-state index in [1.165, 1.54) is 180 Å². The van der Waals surface area contributed by atoms with E-state index in [1.54, 1.807) is 0 Å². The lowest BCUT2D eigenvalue weighted by Gasteiger charge is -2.24. The predicted octanol–water partition coefficient (Wildman–Crippen LogP) is 17.2. The first-order chi connectivity index (χ1) is 31.5. The van der Waals surface area contributed by atoms with Crippen molar-refractivity contribution in [3.05, 3.63) is 36.5 Å². The summed E-state index contributed by atoms with van der Waals surface area (Å²) in [4.78, 5) is 26.2. The Hall–Kier alpha value is -1.92. The second kappa shape index (κ2) is 52.1. The minimum absolute atomic E-state index is 0.0768. The SMILES string of the molecule is CC/C=C/C/C=C/C/C=C/CCCCCCCCC(=O)OC(CCCCCCCCCCCCCCCC)CC(=O)NC(CO)C(O)CCCCCCCCCCCCCCCCC. The van der Waals surface area contributed by atoms with E-state index in [2.05, 4.69) is 62.5 Å². The number of rotatable bonds is 51. The van der Waals surface area contributed by atoms with Crippen LogP contribution in [0.15, 0.2) is 36.5 Å². The fourth-order valence-corrected chi connectivity index (χ4v) is 8.74. The van der Waals surface area contributed by atoms with Crippen molar-refractivity contribution in [1.82, 2.24) is 5.32 Å². The molecule has 0 saturated heterocycles. The molecule has 3 atom stereocenters. The molecule has 376 valence electrons. The molecule has 0 aromatic heterocycles. The zero-order valence-electron chi connectivity index (χ0n) is 42.9. The van der Waals surface area contributed by atoms with Crippen molar-refractivity contribution in [3.8, 4) is 0 Å². The molecule has 1 amide bonds. The number of hydrogen-bond acceptors (Lipinski definition) is 5. The Bertz CT molecular complexity index is 1060. The highest BCUT2D eigenvalue weighted by Crippen LogP contribution is 2.19. The quantitative estimate of drug-likeness (QED) is 0.0321. The predicted molar refractivity (Wildman–Crippen MR) is 278 cm³/mol. The van der Waals surface area contributed by atoms with E-state index < -0.39 is 18.2 Å². The number of esters is 1. The minimum Gasteiger partial charge on any atom is -0.462 e. The molecule has 0 aliphatic rings. The molecule has 3 unspecified atom stereocenters. The molecule has 0 aromatic carbocycles. The van der Waals surface area contributed by atoms with Crippen LogP contribution in [-0.4, -0.2) is 46.9 Å². The minimum atomic E-state index is -0.787. The van der Waals surface area contributed by atoms with Crippen LogP contribution in [0.25, 0.3) is 0 Å².